The monoisotopic (exact) mass is 470 g/mol. The van der Waals surface area contributed by atoms with Gasteiger partial charge in [-0.25, -0.2) is 13.1 Å². The van der Waals surface area contributed by atoms with Crippen LogP contribution in [-0.4, -0.2) is 55.7 Å². The maximum atomic E-state index is 13.1. The number of benzene rings is 2. The highest BCUT2D eigenvalue weighted by atomic mass is 32.2. The van der Waals surface area contributed by atoms with Gasteiger partial charge in [-0.2, -0.15) is 9.40 Å². The van der Waals surface area contributed by atoms with E-state index in [0.29, 0.717) is 18.8 Å². The first-order valence-electron chi connectivity index (χ1n) is 10.6. The fraction of sp³-hybridized carbons (Fsp3) is 0.304. The molecular formula is C23H26N4O5S. The van der Waals surface area contributed by atoms with Crippen LogP contribution in [0.3, 0.4) is 0 Å². The third-order valence-electron chi connectivity index (χ3n) is 5.51. The summed E-state index contributed by atoms with van der Waals surface area (Å²) in [6.45, 7) is 0.981. The second-order valence-electron chi connectivity index (χ2n) is 7.61. The molecule has 0 aliphatic carbocycles. The molecule has 2 aromatic carbocycles. The minimum Gasteiger partial charge on any atom is -0.495 e. The van der Waals surface area contributed by atoms with Crippen molar-refractivity contribution in [2.24, 2.45) is 0 Å². The number of amides is 1. The molecule has 1 amide bonds. The number of hydrogen-bond donors (Lipinski definition) is 1. The van der Waals surface area contributed by atoms with Crippen LogP contribution in [0.1, 0.15) is 29.8 Å². The molecule has 1 fully saturated rings. The third-order valence-corrected chi connectivity index (χ3v) is 7.40. The highest BCUT2D eigenvalue weighted by Crippen LogP contribution is 2.31. The van der Waals surface area contributed by atoms with E-state index in [2.05, 4.69) is 10.4 Å². The molecule has 0 unspecified atom stereocenters. The van der Waals surface area contributed by atoms with E-state index in [1.54, 1.807) is 10.9 Å². The van der Waals surface area contributed by atoms with Crippen LogP contribution in [0.5, 0.6) is 11.5 Å². The van der Waals surface area contributed by atoms with Gasteiger partial charge < -0.3 is 14.8 Å². The maximum Gasteiger partial charge on any atom is 0.280 e. The molecule has 1 N–H and O–H groups in total. The van der Waals surface area contributed by atoms with Crippen molar-refractivity contribution in [3.8, 4) is 17.2 Å². The van der Waals surface area contributed by atoms with Crippen molar-refractivity contribution in [1.29, 1.82) is 0 Å². The first-order chi connectivity index (χ1) is 15.9. The Morgan fingerprint density at radius 1 is 0.970 bits per heavy atom. The molecule has 1 saturated heterocycles. The van der Waals surface area contributed by atoms with Crippen LogP contribution < -0.4 is 14.8 Å². The molecule has 0 bridgehead atoms. The summed E-state index contributed by atoms with van der Waals surface area (Å²) < 4.78 is 39.9. The number of carbonyl (C=O) groups excluding carboxylic acids is 1. The average Bonchev–Trinajstić information content (AvgIpc) is 3.30. The summed E-state index contributed by atoms with van der Waals surface area (Å²) >= 11 is 0. The molecule has 1 aromatic heterocycles. The van der Waals surface area contributed by atoms with Gasteiger partial charge in [0.2, 0.25) is 10.0 Å². The summed E-state index contributed by atoms with van der Waals surface area (Å²) in [7, 11) is -0.766. The van der Waals surface area contributed by atoms with Gasteiger partial charge in [-0.3, -0.25) is 4.79 Å². The lowest BCUT2D eigenvalue weighted by Crippen LogP contribution is -2.35. The largest absolute Gasteiger partial charge is 0.495 e. The zero-order valence-corrected chi connectivity index (χ0v) is 19.3. The number of aromatic nitrogens is 2. The summed E-state index contributed by atoms with van der Waals surface area (Å²) in [5, 5.41) is 7.09. The third kappa shape index (κ3) is 4.71. The van der Waals surface area contributed by atoms with Gasteiger partial charge in [0.25, 0.3) is 5.91 Å². The second-order valence-corrected chi connectivity index (χ2v) is 9.55. The predicted octanol–water partition coefficient (Wildman–Crippen LogP) is 3.32. The van der Waals surface area contributed by atoms with Crippen LogP contribution in [0, 0.1) is 0 Å². The summed E-state index contributed by atoms with van der Waals surface area (Å²) in [4.78, 5) is 13.2. The first kappa shape index (κ1) is 22.8. The zero-order valence-electron chi connectivity index (χ0n) is 18.5. The number of ether oxygens (including phenoxy) is 2. The minimum atomic E-state index is -3.67. The molecule has 3 aromatic rings. The summed E-state index contributed by atoms with van der Waals surface area (Å²) in [6, 6.07) is 13.8. The minimum absolute atomic E-state index is 0.0627. The number of hydrogen-bond acceptors (Lipinski definition) is 6. The van der Waals surface area contributed by atoms with Crippen molar-refractivity contribution in [2.75, 3.05) is 32.6 Å². The lowest BCUT2D eigenvalue weighted by atomic mass is 10.2. The van der Waals surface area contributed by atoms with Crippen molar-refractivity contribution in [3.63, 3.8) is 0 Å². The second kappa shape index (κ2) is 9.63. The molecule has 0 spiro atoms. The predicted molar refractivity (Wildman–Crippen MR) is 124 cm³/mol. The SMILES string of the molecule is COc1ccc(S(=O)(=O)N2CCCCC2)cc1NC(=O)c1nn(-c2ccccc2)cc1OC. The van der Waals surface area contributed by atoms with E-state index in [-0.39, 0.29) is 22.0 Å². The van der Waals surface area contributed by atoms with Crippen LogP contribution in [0.15, 0.2) is 59.6 Å². The number of carbonyl (C=O) groups is 1. The van der Waals surface area contributed by atoms with Gasteiger partial charge >= 0.3 is 0 Å². The lowest BCUT2D eigenvalue weighted by molar-refractivity contribution is 0.101. The smallest absolute Gasteiger partial charge is 0.280 e. The molecule has 4 rings (SSSR count). The normalized spacial score (nSPS) is 14.6. The van der Waals surface area contributed by atoms with E-state index < -0.39 is 15.9 Å². The van der Waals surface area contributed by atoms with Crippen molar-refractivity contribution in [2.45, 2.75) is 24.2 Å². The number of methoxy groups -OCH3 is 2. The standard InChI is InChI=1S/C23H26N4O5S/c1-31-20-12-11-18(33(29,30)26-13-7-4-8-14-26)15-19(20)24-23(28)22-21(32-2)16-27(25-22)17-9-5-3-6-10-17/h3,5-6,9-12,15-16H,4,7-8,13-14H2,1-2H3,(H,24,28). The number of sulfonamides is 1. The van der Waals surface area contributed by atoms with E-state index in [1.807, 2.05) is 30.3 Å². The van der Waals surface area contributed by atoms with Crippen LogP contribution in [-0.2, 0) is 10.0 Å². The fourth-order valence-electron chi connectivity index (χ4n) is 3.76. The summed E-state index contributed by atoms with van der Waals surface area (Å²) in [5.41, 5.74) is 1.06. The Balaban J connectivity index is 1.64. The Labute approximate surface area is 193 Å². The molecule has 1 aliphatic rings. The van der Waals surface area contributed by atoms with Gasteiger partial charge in [0.05, 0.1) is 36.7 Å². The van der Waals surface area contributed by atoms with Gasteiger partial charge in [-0.1, -0.05) is 24.6 Å². The molecule has 9 nitrogen and oxygen atoms in total. The van der Waals surface area contributed by atoms with Crippen LogP contribution in [0.2, 0.25) is 0 Å². The van der Waals surface area contributed by atoms with Crippen molar-refractivity contribution < 1.29 is 22.7 Å². The number of nitrogens with one attached hydrogen (secondary N) is 1. The van der Waals surface area contributed by atoms with Gasteiger partial charge in [-0.15, -0.1) is 0 Å². The molecule has 0 saturated carbocycles. The first-order valence-corrected chi connectivity index (χ1v) is 12.1. The Bertz CT molecular complexity index is 1230. The number of nitrogens with zero attached hydrogens (tertiary/aromatic N) is 3. The summed E-state index contributed by atoms with van der Waals surface area (Å²) in [5.74, 6) is 0.0715. The Morgan fingerprint density at radius 3 is 2.33 bits per heavy atom. The zero-order chi connectivity index (χ0) is 23.4. The van der Waals surface area contributed by atoms with E-state index in [1.165, 1.54) is 36.7 Å². The summed E-state index contributed by atoms with van der Waals surface area (Å²) in [6.07, 6.45) is 4.30. The number of anilines is 1. The molecule has 1 aliphatic heterocycles. The Kier molecular flexibility index (Phi) is 6.66. The van der Waals surface area contributed by atoms with Crippen molar-refractivity contribution >= 4 is 21.6 Å². The molecule has 0 atom stereocenters. The van der Waals surface area contributed by atoms with Gasteiger partial charge in [0.15, 0.2) is 11.4 Å². The highest BCUT2D eigenvalue weighted by Gasteiger charge is 2.27. The van der Waals surface area contributed by atoms with Gasteiger partial charge in [0.1, 0.15) is 5.75 Å². The van der Waals surface area contributed by atoms with Gasteiger partial charge in [0, 0.05) is 13.1 Å². The van der Waals surface area contributed by atoms with Crippen LogP contribution in [0.25, 0.3) is 5.69 Å². The Hall–Kier alpha value is -3.37. The average molecular weight is 471 g/mol. The molecule has 2 heterocycles. The fourth-order valence-corrected chi connectivity index (χ4v) is 5.30. The van der Waals surface area contributed by atoms with Crippen molar-refractivity contribution in [3.05, 3.63) is 60.4 Å². The highest BCUT2D eigenvalue weighted by molar-refractivity contribution is 7.89. The molecule has 0 radical (unpaired) electrons. The number of para-hydroxylation sites is 1. The van der Waals surface area contributed by atoms with E-state index in [9.17, 15) is 13.2 Å². The lowest BCUT2D eigenvalue weighted by Gasteiger charge is -2.26. The molecular weight excluding hydrogens is 444 g/mol. The molecule has 33 heavy (non-hydrogen) atoms. The van der Waals surface area contributed by atoms with Gasteiger partial charge in [-0.05, 0) is 43.2 Å². The molecule has 10 heteroatoms. The number of piperidine rings is 1. The quantitative estimate of drug-likeness (QED) is 0.568. The van der Waals surface area contributed by atoms with Crippen molar-refractivity contribution in [1.82, 2.24) is 14.1 Å². The topological polar surface area (TPSA) is 103 Å². The number of rotatable bonds is 7. The Morgan fingerprint density at radius 2 is 1.67 bits per heavy atom. The van der Waals surface area contributed by atoms with E-state index in [4.69, 9.17) is 9.47 Å². The van der Waals surface area contributed by atoms with E-state index in [0.717, 1.165) is 24.9 Å². The van der Waals surface area contributed by atoms with E-state index >= 15 is 0 Å². The van der Waals surface area contributed by atoms with Crippen LogP contribution in [0.4, 0.5) is 5.69 Å². The maximum absolute atomic E-state index is 13.1. The molecule has 174 valence electrons. The van der Waals surface area contributed by atoms with Crippen LogP contribution >= 0.6 is 0 Å².